The summed E-state index contributed by atoms with van der Waals surface area (Å²) in [6.07, 6.45) is 1.71. The van der Waals surface area contributed by atoms with Gasteiger partial charge in [0.15, 0.2) is 0 Å². The monoisotopic (exact) mass is 233 g/mol. The predicted molar refractivity (Wildman–Crippen MR) is 66.5 cm³/mol. The molecule has 1 aliphatic rings. The Bertz CT molecular complexity index is 364. The van der Waals surface area contributed by atoms with Gasteiger partial charge in [-0.2, -0.15) is 0 Å². The largest absolute Gasteiger partial charge is 0.466 e. The maximum absolute atomic E-state index is 11.7. The van der Waals surface area contributed by atoms with Crippen molar-refractivity contribution in [1.29, 1.82) is 0 Å². The minimum absolute atomic E-state index is 0.0430. The van der Waals surface area contributed by atoms with E-state index in [0.717, 1.165) is 19.4 Å². The molecule has 0 radical (unpaired) electrons. The number of piperidine rings is 1. The first kappa shape index (κ1) is 12.1. The second-order valence-electron chi connectivity index (χ2n) is 4.39. The van der Waals surface area contributed by atoms with Crippen LogP contribution in [0.4, 0.5) is 0 Å². The average molecular weight is 233 g/mol. The Hall–Kier alpha value is -1.35. The molecule has 0 amide bonds. The topological polar surface area (TPSA) is 38.3 Å². The summed E-state index contributed by atoms with van der Waals surface area (Å²) in [4.78, 5) is 11.7. The zero-order valence-electron chi connectivity index (χ0n) is 10.2. The van der Waals surface area contributed by atoms with Gasteiger partial charge in [0.2, 0.25) is 0 Å². The maximum Gasteiger partial charge on any atom is 0.309 e. The van der Waals surface area contributed by atoms with Gasteiger partial charge in [-0.3, -0.25) is 4.79 Å². The van der Waals surface area contributed by atoms with Crippen molar-refractivity contribution < 1.29 is 9.53 Å². The summed E-state index contributed by atoms with van der Waals surface area (Å²) in [6, 6.07) is 10.6. The molecule has 17 heavy (non-hydrogen) atoms. The van der Waals surface area contributed by atoms with Crippen molar-refractivity contribution >= 4 is 5.97 Å². The Morgan fingerprint density at radius 1 is 1.41 bits per heavy atom. The van der Waals surface area contributed by atoms with E-state index in [9.17, 15) is 4.79 Å². The number of esters is 1. The highest BCUT2D eigenvalue weighted by Crippen LogP contribution is 2.27. The van der Waals surface area contributed by atoms with Crippen LogP contribution in [0.25, 0.3) is 0 Å². The van der Waals surface area contributed by atoms with Crippen LogP contribution in [-0.4, -0.2) is 19.1 Å². The molecule has 0 saturated carbocycles. The molecule has 0 spiro atoms. The van der Waals surface area contributed by atoms with Gasteiger partial charge in [0, 0.05) is 6.04 Å². The summed E-state index contributed by atoms with van der Waals surface area (Å²) in [5.74, 6) is -0.00339. The third kappa shape index (κ3) is 3.07. The van der Waals surface area contributed by atoms with Crippen molar-refractivity contribution in [2.24, 2.45) is 5.92 Å². The fraction of sp³-hybridized carbons (Fsp3) is 0.500. The molecular formula is C14H19NO2. The quantitative estimate of drug-likeness (QED) is 0.814. The van der Waals surface area contributed by atoms with Crippen molar-refractivity contribution in [2.75, 3.05) is 13.2 Å². The van der Waals surface area contributed by atoms with E-state index in [4.69, 9.17) is 4.74 Å². The molecule has 3 nitrogen and oxygen atoms in total. The summed E-state index contributed by atoms with van der Waals surface area (Å²) in [6.45, 7) is 3.20. The number of carbonyl (C=O) groups is 1. The molecule has 1 aliphatic heterocycles. The van der Waals surface area contributed by atoms with Gasteiger partial charge in [-0.05, 0) is 31.9 Å². The summed E-state index contributed by atoms with van der Waals surface area (Å²) in [7, 11) is 0. The van der Waals surface area contributed by atoms with Gasteiger partial charge in [0.25, 0.3) is 0 Å². The summed E-state index contributed by atoms with van der Waals surface area (Å²) in [5.41, 5.74) is 1.25. The minimum atomic E-state index is -0.0464. The zero-order valence-corrected chi connectivity index (χ0v) is 10.2. The number of carbonyl (C=O) groups excluding carboxylic acids is 1. The van der Waals surface area contributed by atoms with Gasteiger partial charge in [-0.15, -0.1) is 0 Å². The molecule has 1 heterocycles. The van der Waals surface area contributed by atoms with Gasteiger partial charge in [0.1, 0.15) is 0 Å². The number of benzene rings is 1. The van der Waals surface area contributed by atoms with E-state index in [1.165, 1.54) is 5.56 Å². The van der Waals surface area contributed by atoms with E-state index < -0.39 is 0 Å². The summed E-state index contributed by atoms with van der Waals surface area (Å²) >= 11 is 0. The van der Waals surface area contributed by atoms with Gasteiger partial charge >= 0.3 is 5.97 Å². The summed E-state index contributed by atoms with van der Waals surface area (Å²) < 4.78 is 5.10. The predicted octanol–water partition coefficient (Wildman–Crippen LogP) is 2.29. The standard InChI is InChI=1S/C14H19NO2/c1-2-17-14(16)12-8-9-15-13(10-12)11-6-4-3-5-7-11/h3-7,12-13,15H,2,8-10H2,1H3/t12-,13+/m0/s1. The van der Waals surface area contributed by atoms with Crippen LogP contribution < -0.4 is 5.32 Å². The molecule has 0 unspecified atom stereocenters. The molecule has 1 saturated heterocycles. The lowest BCUT2D eigenvalue weighted by atomic mass is 9.89. The molecule has 92 valence electrons. The number of rotatable bonds is 3. The lowest BCUT2D eigenvalue weighted by Gasteiger charge is -2.29. The van der Waals surface area contributed by atoms with E-state index in [1.807, 2.05) is 25.1 Å². The number of ether oxygens (including phenoxy) is 1. The molecule has 1 fully saturated rings. The third-order valence-electron chi connectivity index (χ3n) is 3.23. The highest BCUT2D eigenvalue weighted by Gasteiger charge is 2.28. The number of hydrogen-bond acceptors (Lipinski definition) is 3. The summed E-state index contributed by atoms with van der Waals surface area (Å²) in [5, 5.41) is 3.45. The number of nitrogens with one attached hydrogen (secondary N) is 1. The van der Waals surface area contributed by atoms with Crippen molar-refractivity contribution in [2.45, 2.75) is 25.8 Å². The smallest absolute Gasteiger partial charge is 0.309 e. The van der Waals surface area contributed by atoms with Gasteiger partial charge in [-0.25, -0.2) is 0 Å². The molecule has 0 aliphatic carbocycles. The average Bonchev–Trinajstić information content (AvgIpc) is 2.40. The highest BCUT2D eigenvalue weighted by molar-refractivity contribution is 5.72. The Labute approximate surface area is 102 Å². The van der Waals surface area contributed by atoms with E-state index >= 15 is 0 Å². The zero-order chi connectivity index (χ0) is 12.1. The highest BCUT2D eigenvalue weighted by atomic mass is 16.5. The molecule has 1 N–H and O–H groups in total. The molecular weight excluding hydrogens is 214 g/mol. The third-order valence-corrected chi connectivity index (χ3v) is 3.23. The van der Waals surface area contributed by atoms with Crippen LogP contribution in [0.1, 0.15) is 31.4 Å². The van der Waals surface area contributed by atoms with Crippen LogP contribution in [0, 0.1) is 5.92 Å². The second-order valence-corrected chi connectivity index (χ2v) is 4.39. The Kier molecular flexibility index (Phi) is 4.15. The fourth-order valence-electron chi connectivity index (χ4n) is 2.33. The van der Waals surface area contributed by atoms with E-state index in [0.29, 0.717) is 6.61 Å². The van der Waals surface area contributed by atoms with Crippen LogP contribution >= 0.6 is 0 Å². The molecule has 2 atom stereocenters. The lowest BCUT2D eigenvalue weighted by Crippen LogP contribution is -2.35. The van der Waals surface area contributed by atoms with Gasteiger partial charge in [0.05, 0.1) is 12.5 Å². The second kappa shape index (κ2) is 5.82. The molecule has 0 aromatic heterocycles. The molecule has 1 aromatic carbocycles. The minimum Gasteiger partial charge on any atom is -0.466 e. The maximum atomic E-state index is 11.7. The Balaban J connectivity index is 2.00. The van der Waals surface area contributed by atoms with Crippen molar-refractivity contribution in [3.63, 3.8) is 0 Å². The first-order valence-electron chi connectivity index (χ1n) is 6.26. The van der Waals surface area contributed by atoms with E-state index in [1.54, 1.807) is 0 Å². The Morgan fingerprint density at radius 2 is 2.18 bits per heavy atom. The van der Waals surface area contributed by atoms with Crippen LogP contribution in [0.15, 0.2) is 30.3 Å². The van der Waals surface area contributed by atoms with Crippen LogP contribution in [-0.2, 0) is 9.53 Å². The van der Waals surface area contributed by atoms with Crippen molar-refractivity contribution in [3.8, 4) is 0 Å². The normalized spacial score (nSPS) is 24.3. The fourth-order valence-corrected chi connectivity index (χ4v) is 2.33. The molecule has 1 aromatic rings. The first-order chi connectivity index (χ1) is 8.31. The first-order valence-corrected chi connectivity index (χ1v) is 6.26. The molecule has 2 rings (SSSR count). The molecule has 3 heteroatoms. The van der Waals surface area contributed by atoms with Crippen molar-refractivity contribution in [1.82, 2.24) is 5.32 Å². The molecule has 0 bridgehead atoms. The van der Waals surface area contributed by atoms with Crippen molar-refractivity contribution in [3.05, 3.63) is 35.9 Å². The van der Waals surface area contributed by atoms with Crippen LogP contribution in [0.3, 0.4) is 0 Å². The Morgan fingerprint density at radius 3 is 2.88 bits per heavy atom. The van der Waals surface area contributed by atoms with Crippen LogP contribution in [0.5, 0.6) is 0 Å². The van der Waals surface area contributed by atoms with E-state index in [-0.39, 0.29) is 17.9 Å². The van der Waals surface area contributed by atoms with E-state index in [2.05, 4.69) is 17.4 Å². The SMILES string of the molecule is CCOC(=O)[C@H]1CCN[C@@H](c2ccccc2)C1. The van der Waals surface area contributed by atoms with Crippen LogP contribution in [0.2, 0.25) is 0 Å². The number of hydrogen-bond donors (Lipinski definition) is 1. The van der Waals surface area contributed by atoms with Gasteiger partial charge in [-0.1, -0.05) is 30.3 Å². The lowest BCUT2D eigenvalue weighted by molar-refractivity contribution is -0.149. The van der Waals surface area contributed by atoms with Gasteiger partial charge < -0.3 is 10.1 Å².